The van der Waals surface area contributed by atoms with Crippen LogP contribution in [0.5, 0.6) is 0 Å². The second kappa shape index (κ2) is 7.23. The van der Waals surface area contributed by atoms with Gasteiger partial charge in [0.15, 0.2) is 0 Å². The number of H-pyrrole nitrogens is 1. The standard InChI is InChI=1S/C21H21N3O3/c25-21(23-11-5-6-12-23)13-17(16-8-2-4-10-20(16)24(26)27)18-14-22-19-9-3-1-7-15(18)19/h1-4,7-10,14,17,22H,5-6,11-13H2/t17-/m0/s1. The van der Waals surface area contributed by atoms with Gasteiger partial charge in [-0.1, -0.05) is 36.4 Å². The average molecular weight is 363 g/mol. The lowest BCUT2D eigenvalue weighted by Gasteiger charge is -2.21. The van der Waals surface area contributed by atoms with Crippen LogP contribution in [0.3, 0.4) is 0 Å². The minimum Gasteiger partial charge on any atom is -0.361 e. The Bertz CT molecular complexity index is 989. The lowest BCUT2D eigenvalue weighted by atomic mass is 9.86. The molecule has 0 spiro atoms. The summed E-state index contributed by atoms with van der Waals surface area (Å²) in [5.41, 5.74) is 2.53. The Kier molecular flexibility index (Phi) is 4.62. The maximum atomic E-state index is 12.9. The van der Waals surface area contributed by atoms with Crippen molar-refractivity contribution < 1.29 is 9.72 Å². The van der Waals surface area contributed by atoms with Gasteiger partial charge in [0.05, 0.1) is 4.92 Å². The average Bonchev–Trinajstić information content (AvgIpc) is 3.36. The van der Waals surface area contributed by atoms with E-state index in [-0.39, 0.29) is 28.9 Å². The SMILES string of the molecule is O=C(C[C@@H](c1ccccc1[N+](=O)[O-])c1c[nH]c2ccccc12)N1CCCC1. The van der Waals surface area contributed by atoms with Crippen LogP contribution in [0.2, 0.25) is 0 Å². The first-order valence-corrected chi connectivity index (χ1v) is 9.22. The van der Waals surface area contributed by atoms with E-state index in [2.05, 4.69) is 4.98 Å². The molecule has 0 bridgehead atoms. The van der Waals surface area contributed by atoms with Crippen molar-refractivity contribution in [2.24, 2.45) is 0 Å². The maximum Gasteiger partial charge on any atom is 0.273 e. The quantitative estimate of drug-likeness (QED) is 0.544. The molecule has 1 saturated heterocycles. The van der Waals surface area contributed by atoms with E-state index in [0.717, 1.165) is 42.4 Å². The number of hydrogen-bond acceptors (Lipinski definition) is 3. The molecule has 0 aliphatic carbocycles. The Hall–Kier alpha value is -3.15. The van der Waals surface area contributed by atoms with Crippen molar-refractivity contribution in [3.63, 3.8) is 0 Å². The van der Waals surface area contributed by atoms with E-state index < -0.39 is 0 Å². The molecule has 138 valence electrons. The first-order chi connectivity index (χ1) is 13.1. The van der Waals surface area contributed by atoms with Crippen LogP contribution in [0.15, 0.2) is 54.7 Å². The molecule has 1 aliphatic heterocycles. The van der Waals surface area contributed by atoms with Gasteiger partial charge >= 0.3 is 0 Å². The molecule has 4 rings (SSSR count). The Morgan fingerprint density at radius 2 is 1.78 bits per heavy atom. The molecule has 27 heavy (non-hydrogen) atoms. The minimum absolute atomic E-state index is 0.0564. The highest BCUT2D eigenvalue weighted by molar-refractivity contribution is 5.86. The third-order valence-electron chi connectivity index (χ3n) is 5.34. The number of rotatable bonds is 5. The molecule has 1 atom stereocenters. The lowest BCUT2D eigenvalue weighted by molar-refractivity contribution is -0.385. The smallest absolute Gasteiger partial charge is 0.273 e. The second-order valence-electron chi connectivity index (χ2n) is 6.95. The number of nitro groups is 1. The first kappa shape index (κ1) is 17.3. The van der Waals surface area contributed by atoms with Crippen molar-refractivity contribution in [1.82, 2.24) is 9.88 Å². The van der Waals surface area contributed by atoms with Crippen LogP contribution < -0.4 is 0 Å². The van der Waals surface area contributed by atoms with Crippen molar-refractivity contribution in [1.29, 1.82) is 0 Å². The van der Waals surface area contributed by atoms with E-state index in [1.54, 1.807) is 18.2 Å². The van der Waals surface area contributed by atoms with E-state index in [0.29, 0.717) is 5.56 Å². The number of hydrogen-bond donors (Lipinski definition) is 1. The number of carbonyl (C=O) groups is 1. The van der Waals surface area contributed by atoms with Gasteiger partial charge in [-0.25, -0.2) is 0 Å². The molecule has 0 unspecified atom stereocenters. The van der Waals surface area contributed by atoms with Gasteiger partial charge in [0.1, 0.15) is 0 Å². The van der Waals surface area contributed by atoms with Crippen LogP contribution in [0.1, 0.15) is 36.3 Å². The van der Waals surface area contributed by atoms with Gasteiger partial charge in [0.25, 0.3) is 5.69 Å². The summed E-state index contributed by atoms with van der Waals surface area (Å²) in [6, 6.07) is 14.6. The summed E-state index contributed by atoms with van der Waals surface area (Å²) in [6.45, 7) is 1.55. The predicted octanol–water partition coefficient (Wildman–Crippen LogP) is 4.22. The molecule has 1 aliphatic rings. The molecule has 1 fully saturated rings. The number of aromatic amines is 1. The number of nitro benzene ring substituents is 1. The minimum atomic E-state index is -0.365. The van der Waals surface area contributed by atoms with Crippen LogP contribution in [0, 0.1) is 10.1 Å². The molecule has 0 saturated carbocycles. The Morgan fingerprint density at radius 1 is 1.07 bits per heavy atom. The molecule has 1 amide bonds. The monoisotopic (exact) mass is 363 g/mol. The normalized spacial score (nSPS) is 15.2. The molecule has 6 heteroatoms. The maximum absolute atomic E-state index is 12.9. The molecule has 1 N–H and O–H groups in total. The number of benzene rings is 2. The van der Waals surface area contributed by atoms with Crippen molar-refractivity contribution >= 4 is 22.5 Å². The molecule has 2 aromatic carbocycles. The van der Waals surface area contributed by atoms with E-state index in [9.17, 15) is 14.9 Å². The molecular formula is C21H21N3O3. The second-order valence-corrected chi connectivity index (χ2v) is 6.95. The van der Waals surface area contributed by atoms with Crippen molar-refractivity contribution in [3.8, 4) is 0 Å². The first-order valence-electron chi connectivity index (χ1n) is 9.22. The predicted molar refractivity (Wildman–Crippen MR) is 104 cm³/mol. The number of aromatic nitrogens is 1. The number of likely N-dealkylation sites (tertiary alicyclic amines) is 1. The molecular weight excluding hydrogens is 342 g/mol. The van der Waals surface area contributed by atoms with Gasteiger partial charge in [0, 0.05) is 54.2 Å². The van der Waals surface area contributed by atoms with Gasteiger partial charge in [0.2, 0.25) is 5.91 Å². The van der Waals surface area contributed by atoms with Crippen LogP contribution in [0.4, 0.5) is 5.69 Å². The summed E-state index contributed by atoms with van der Waals surface area (Å²) in [4.78, 5) is 29.2. The summed E-state index contributed by atoms with van der Waals surface area (Å²) in [6.07, 6.45) is 4.15. The highest BCUT2D eigenvalue weighted by Gasteiger charge is 2.29. The van der Waals surface area contributed by atoms with Gasteiger partial charge < -0.3 is 9.88 Å². The van der Waals surface area contributed by atoms with E-state index >= 15 is 0 Å². The molecule has 0 radical (unpaired) electrons. The zero-order valence-electron chi connectivity index (χ0n) is 14.9. The number of para-hydroxylation sites is 2. The molecule has 6 nitrogen and oxygen atoms in total. The Morgan fingerprint density at radius 3 is 2.56 bits per heavy atom. The zero-order chi connectivity index (χ0) is 18.8. The van der Waals surface area contributed by atoms with Crippen molar-refractivity contribution in [3.05, 3.63) is 76.0 Å². The van der Waals surface area contributed by atoms with Gasteiger partial charge in [-0.15, -0.1) is 0 Å². The van der Waals surface area contributed by atoms with Crippen LogP contribution in [-0.4, -0.2) is 33.8 Å². The fraction of sp³-hybridized carbons (Fsp3) is 0.286. The number of fused-ring (bicyclic) bond motifs is 1. The number of amides is 1. The van der Waals surface area contributed by atoms with E-state index in [4.69, 9.17) is 0 Å². The van der Waals surface area contributed by atoms with Gasteiger partial charge in [-0.05, 0) is 24.5 Å². The van der Waals surface area contributed by atoms with Crippen LogP contribution in [-0.2, 0) is 4.79 Å². The molecule has 1 aromatic heterocycles. The summed E-state index contributed by atoms with van der Waals surface area (Å²) in [7, 11) is 0. The lowest BCUT2D eigenvalue weighted by Crippen LogP contribution is -2.29. The van der Waals surface area contributed by atoms with Gasteiger partial charge in [-0.2, -0.15) is 0 Å². The fourth-order valence-corrected chi connectivity index (χ4v) is 3.99. The van der Waals surface area contributed by atoms with E-state index in [1.807, 2.05) is 35.4 Å². The summed E-state index contributed by atoms with van der Waals surface area (Å²) in [5.74, 6) is -0.309. The molecule has 3 aromatic rings. The Balaban J connectivity index is 1.80. The largest absolute Gasteiger partial charge is 0.361 e. The topological polar surface area (TPSA) is 79.2 Å². The highest BCUT2D eigenvalue weighted by Crippen LogP contribution is 2.38. The summed E-state index contributed by atoms with van der Waals surface area (Å²) in [5, 5.41) is 12.6. The number of carbonyl (C=O) groups excluding carboxylic acids is 1. The van der Waals surface area contributed by atoms with Crippen molar-refractivity contribution in [2.45, 2.75) is 25.2 Å². The highest BCUT2D eigenvalue weighted by atomic mass is 16.6. The number of nitrogens with one attached hydrogen (secondary N) is 1. The third kappa shape index (κ3) is 3.30. The molecule has 2 heterocycles. The third-order valence-corrected chi connectivity index (χ3v) is 5.34. The van der Waals surface area contributed by atoms with Crippen molar-refractivity contribution in [2.75, 3.05) is 13.1 Å². The zero-order valence-corrected chi connectivity index (χ0v) is 14.9. The van der Waals surface area contributed by atoms with Crippen LogP contribution in [0.25, 0.3) is 10.9 Å². The fourth-order valence-electron chi connectivity index (χ4n) is 3.99. The van der Waals surface area contributed by atoms with Gasteiger partial charge in [-0.3, -0.25) is 14.9 Å². The summed E-state index contributed by atoms with van der Waals surface area (Å²) >= 11 is 0. The number of nitrogens with zero attached hydrogens (tertiary/aromatic N) is 2. The van der Waals surface area contributed by atoms with Crippen LogP contribution >= 0.6 is 0 Å². The van der Waals surface area contributed by atoms with E-state index in [1.165, 1.54) is 6.07 Å². The summed E-state index contributed by atoms with van der Waals surface area (Å²) < 4.78 is 0. The Labute approximate surface area is 157 Å².